The summed E-state index contributed by atoms with van der Waals surface area (Å²) in [5, 5.41) is 12.7. The molecule has 0 aliphatic rings. The third-order valence-corrected chi connectivity index (χ3v) is 3.04. The Hall–Kier alpha value is -0.640. The molecule has 0 saturated carbocycles. The highest BCUT2D eigenvalue weighted by Gasteiger charge is 2.13. The number of hydrogen-bond acceptors (Lipinski definition) is 2. The lowest BCUT2D eigenvalue weighted by Crippen LogP contribution is -2.34. The van der Waals surface area contributed by atoms with E-state index >= 15 is 0 Å². The molecule has 1 atom stereocenters. The van der Waals surface area contributed by atoms with E-state index in [2.05, 4.69) is 19.2 Å². The van der Waals surface area contributed by atoms with E-state index in [0.29, 0.717) is 29.5 Å². The molecular formula is C13H19ClFNO. The smallest absolute Gasteiger partial charge is 0.127 e. The standard InChI is InChI=1S/C13H19ClFNO/c1-9(2)13(5-6-17)16-8-10-7-11(14)3-4-12(10)15/h3-4,7,9,13,16-17H,5-6,8H2,1-2H3. The second kappa shape index (κ2) is 6.94. The molecule has 4 heteroatoms. The van der Waals surface area contributed by atoms with Gasteiger partial charge >= 0.3 is 0 Å². The van der Waals surface area contributed by atoms with Crippen LogP contribution in [-0.2, 0) is 6.54 Å². The predicted molar refractivity (Wildman–Crippen MR) is 68.6 cm³/mol. The van der Waals surface area contributed by atoms with Crippen LogP contribution in [0.1, 0.15) is 25.8 Å². The van der Waals surface area contributed by atoms with Crippen molar-refractivity contribution in [3.05, 3.63) is 34.6 Å². The second-order valence-electron chi connectivity index (χ2n) is 4.48. The summed E-state index contributed by atoms with van der Waals surface area (Å²) in [6, 6.07) is 4.71. The Morgan fingerprint density at radius 1 is 1.41 bits per heavy atom. The topological polar surface area (TPSA) is 32.3 Å². The van der Waals surface area contributed by atoms with Crippen LogP contribution in [0.15, 0.2) is 18.2 Å². The number of aliphatic hydroxyl groups is 1. The van der Waals surface area contributed by atoms with Crippen LogP contribution in [0.3, 0.4) is 0 Å². The van der Waals surface area contributed by atoms with Gasteiger partial charge in [0.25, 0.3) is 0 Å². The minimum absolute atomic E-state index is 0.133. The van der Waals surface area contributed by atoms with Gasteiger partial charge in [-0.05, 0) is 30.5 Å². The lowest BCUT2D eigenvalue weighted by atomic mass is 10.0. The van der Waals surface area contributed by atoms with Crippen molar-refractivity contribution in [2.45, 2.75) is 32.9 Å². The molecule has 1 unspecified atom stereocenters. The number of aliphatic hydroxyl groups excluding tert-OH is 1. The highest BCUT2D eigenvalue weighted by molar-refractivity contribution is 6.30. The van der Waals surface area contributed by atoms with Crippen LogP contribution in [0.2, 0.25) is 5.02 Å². The Morgan fingerprint density at radius 2 is 2.12 bits per heavy atom. The molecule has 2 nitrogen and oxygen atoms in total. The Balaban J connectivity index is 2.61. The normalized spacial score (nSPS) is 13.1. The third-order valence-electron chi connectivity index (χ3n) is 2.81. The molecule has 0 fully saturated rings. The van der Waals surface area contributed by atoms with E-state index in [1.165, 1.54) is 12.1 Å². The van der Waals surface area contributed by atoms with E-state index in [-0.39, 0.29) is 18.5 Å². The second-order valence-corrected chi connectivity index (χ2v) is 4.92. The molecule has 1 aromatic rings. The molecule has 2 N–H and O–H groups in total. The van der Waals surface area contributed by atoms with Gasteiger partial charge in [-0.15, -0.1) is 0 Å². The van der Waals surface area contributed by atoms with Crippen molar-refractivity contribution in [2.75, 3.05) is 6.61 Å². The van der Waals surface area contributed by atoms with Crippen LogP contribution in [0.25, 0.3) is 0 Å². The van der Waals surface area contributed by atoms with Crippen molar-refractivity contribution in [1.82, 2.24) is 5.32 Å². The van der Waals surface area contributed by atoms with Gasteiger partial charge in [0.2, 0.25) is 0 Å². The van der Waals surface area contributed by atoms with Crippen molar-refractivity contribution in [2.24, 2.45) is 5.92 Å². The quantitative estimate of drug-likeness (QED) is 0.823. The number of hydrogen-bond donors (Lipinski definition) is 2. The van der Waals surface area contributed by atoms with Crippen LogP contribution in [0.5, 0.6) is 0 Å². The molecular weight excluding hydrogens is 241 g/mol. The van der Waals surface area contributed by atoms with Crippen LogP contribution in [0.4, 0.5) is 4.39 Å². The molecule has 0 aromatic heterocycles. The number of halogens is 2. The molecule has 0 saturated heterocycles. The largest absolute Gasteiger partial charge is 0.396 e. The van der Waals surface area contributed by atoms with E-state index in [4.69, 9.17) is 16.7 Å². The summed E-state index contributed by atoms with van der Waals surface area (Å²) >= 11 is 5.82. The molecule has 0 aliphatic heterocycles. The van der Waals surface area contributed by atoms with E-state index in [0.717, 1.165) is 0 Å². The number of nitrogens with one attached hydrogen (secondary N) is 1. The first-order valence-corrected chi connectivity index (χ1v) is 6.20. The fourth-order valence-corrected chi connectivity index (χ4v) is 1.92. The minimum atomic E-state index is -0.256. The van der Waals surface area contributed by atoms with Crippen LogP contribution < -0.4 is 5.32 Å². The zero-order chi connectivity index (χ0) is 12.8. The summed E-state index contributed by atoms with van der Waals surface area (Å²) in [5.74, 6) is 0.137. The molecule has 0 aliphatic carbocycles. The molecule has 0 heterocycles. The highest BCUT2D eigenvalue weighted by Crippen LogP contribution is 2.15. The van der Waals surface area contributed by atoms with Gasteiger partial charge in [0.1, 0.15) is 5.82 Å². The molecule has 1 aromatic carbocycles. The summed E-state index contributed by atoms with van der Waals surface area (Å²) in [7, 11) is 0. The monoisotopic (exact) mass is 259 g/mol. The first kappa shape index (κ1) is 14.4. The average molecular weight is 260 g/mol. The van der Waals surface area contributed by atoms with Gasteiger partial charge in [-0.25, -0.2) is 4.39 Å². The van der Waals surface area contributed by atoms with Crippen LogP contribution in [0, 0.1) is 11.7 Å². The van der Waals surface area contributed by atoms with Crippen LogP contribution >= 0.6 is 11.6 Å². The highest BCUT2D eigenvalue weighted by atomic mass is 35.5. The Labute approximate surface area is 107 Å². The Bertz CT molecular complexity index is 357. The zero-order valence-corrected chi connectivity index (χ0v) is 11.0. The van der Waals surface area contributed by atoms with Crippen molar-refractivity contribution in [3.63, 3.8) is 0 Å². The van der Waals surface area contributed by atoms with Crippen molar-refractivity contribution in [3.8, 4) is 0 Å². The van der Waals surface area contributed by atoms with Crippen molar-refractivity contribution < 1.29 is 9.50 Å². The summed E-state index contributed by atoms with van der Waals surface area (Å²) in [6.45, 7) is 4.70. The molecule has 1 rings (SSSR count). The van der Waals surface area contributed by atoms with E-state index in [1.54, 1.807) is 6.07 Å². The van der Waals surface area contributed by atoms with Gasteiger partial charge in [-0.1, -0.05) is 25.4 Å². The van der Waals surface area contributed by atoms with E-state index in [9.17, 15) is 4.39 Å². The first-order chi connectivity index (χ1) is 8.04. The summed E-state index contributed by atoms with van der Waals surface area (Å²) in [5.41, 5.74) is 0.557. The molecule has 17 heavy (non-hydrogen) atoms. The Morgan fingerprint density at radius 3 is 2.71 bits per heavy atom. The molecule has 96 valence electrons. The summed E-state index contributed by atoms with van der Waals surface area (Å²) < 4.78 is 13.5. The van der Waals surface area contributed by atoms with Gasteiger partial charge < -0.3 is 10.4 Å². The van der Waals surface area contributed by atoms with Gasteiger partial charge in [0.15, 0.2) is 0 Å². The lowest BCUT2D eigenvalue weighted by Gasteiger charge is -2.21. The molecule has 0 amide bonds. The van der Waals surface area contributed by atoms with Gasteiger partial charge in [-0.3, -0.25) is 0 Å². The summed E-state index contributed by atoms with van der Waals surface area (Å²) in [6.07, 6.45) is 0.667. The molecule has 0 bridgehead atoms. The van der Waals surface area contributed by atoms with E-state index < -0.39 is 0 Å². The fraction of sp³-hybridized carbons (Fsp3) is 0.538. The van der Waals surface area contributed by atoms with Crippen LogP contribution in [-0.4, -0.2) is 17.8 Å². The maximum Gasteiger partial charge on any atom is 0.127 e. The number of benzene rings is 1. The van der Waals surface area contributed by atoms with Crippen molar-refractivity contribution in [1.29, 1.82) is 0 Å². The van der Waals surface area contributed by atoms with Crippen molar-refractivity contribution >= 4 is 11.6 Å². The Kier molecular flexibility index (Phi) is 5.89. The maximum atomic E-state index is 13.5. The third kappa shape index (κ3) is 4.62. The van der Waals surface area contributed by atoms with E-state index in [1.807, 2.05) is 0 Å². The minimum Gasteiger partial charge on any atom is -0.396 e. The molecule has 0 spiro atoms. The van der Waals surface area contributed by atoms with Gasteiger partial charge in [-0.2, -0.15) is 0 Å². The zero-order valence-electron chi connectivity index (χ0n) is 10.2. The SMILES string of the molecule is CC(C)C(CCO)NCc1cc(Cl)ccc1F. The first-order valence-electron chi connectivity index (χ1n) is 5.82. The summed E-state index contributed by atoms with van der Waals surface area (Å²) in [4.78, 5) is 0. The fourth-order valence-electron chi connectivity index (χ4n) is 1.73. The number of rotatable bonds is 6. The maximum absolute atomic E-state index is 13.5. The predicted octanol–water partition coefficient (Wildman–Crippen LogP) is 2.98. The molecule has 0 radical (unpaired) electrons. The average Bonchev–Trinajstić information content (AvgIpc) is 2.28. The van der Waals surface area contributed by atoms with Gasteiger partial charge in [0.05, 0.1) is 0 Å². The van der Waals surface area contributed by atoms with Gasteiger partial charge in [0, 0.05) is 29.8 Å². The lowest BCUT2D eigenvalue weighted by molar-refractivity contribution is 0.243.